The summed E-state index contributed by atoms with van der Waals surface area (Å²) in [6.45, 7) is 7.30. The van der Waals surface area contributed by atoms with Crippen molar-refractivity contribution >= 4 is 17.2 Å². The van der Waals surface area contributed by atoms with Crippen molar-refractivity contribution in [2.24, 2.45) is 0 Å². The highest BCUT2D eigenvalue weighted by Crippen LogP contribution is 2.20. The molecule has 1 N–H and O–H groups in total. The van der Waals surface area contributed by atoms with Crippen LogP contribution in [0.1, 0.15) is 45.4 Å². The summed E-state index contributed by atoms with van der Waals surface area (Å²) in [7, 11) is 0. The molecule has 0 spiro atoms. The summed E-state index contributed by atoms with van der Waals surface area (Å²) in [4.78, 5) is 19.0. The third-order valence-electron chi connectivity index (χ3n) is 4.74. The Morgan fingerprint density at radius 2 is 2.16 bits per heavy atom. The number of hydrogen-bond acceptors (Lipinski definition) is 6. The molecule has 7 heteroatoms. The molecule has 1 aliphatic rings. The molecule has 0 unspecified atom stereocenters. The fraction of sp³-hybridized carbons (Fsp3) is 0.611. The molecular weight excluding hydrogens is 336 g/mol. The Bertz CT molecular complexity index is 675. The van der Waals surface area contributed by atoms with Gasteiger partial charge in [-0.05, 0) is 51.2 Å². The van der Waals surface area contributed by atoms with E-state index < -0.39 is 0 Å². The van der Waals surface area contributed by atoms with Gasteiger partial charge >= 0.3 is 0 Å². The molecule has 1 aliphatic heterocycles. The van der Waals surface area contributed by atoms with Crippen molar-refractivity contribution in [3.05, 3.63) is 22.7 Å². The van der Waals surface area contributed by atoms with Gasteiger partial charge in [0, 0.05) is 35.9 Å². The highest BCUT2D eigenvalue weighted by atomic mass is 32.1. The summed E-state index contributed by atoms with van der Waals surface area (Å²) in [6.07, 6.45) is 4.65. The molecule has 1 saturated heterocycles. The van der Waals surface area contributed by atoms with Crippen LogP contribution in [0, 0.1) is 0 Å². The Kier molecular flexibility index (Phi) is 5.86. The number of rotatable bonds is 7. The van der Waals surface area contributed by atoms with Crippen LogP contribution in [0.2, 0.25) is 0 Å². The number of amides is 1. The molecule has 3 rings (SSSR count). The summed E-state index contributed by atoms with van der Waals surface area (Å²) >= 11 is 1.59. The first-order chi connectivity index (χ1) is 12.0. The lowest BCUT2D eigenvalue weighted by Gasteiger charge is -2.41. The van der Waals surface area contributed by atoms with Gasteiger partial charge in [-0.1, -0.05) is 11.6 Å². The van der Waals surface area contributed by atoms with Gasteiger partial charge in [-0.2, -0.15) is 16.3 Å². The zero-order valence-electron chi connectivity index (χ0n) is 15.0. The van der Waals surface area contributed by atoms with Crippen molar-refractivity contribution in [2.45, 2.75) is 51.5 Å². The third kappa shape index (κ3) is 4.89. The molecule has 1 amide bonds. The molecule has 1 fully saturated rings. The highest BCUT2D eigenvalue weighted by molar-refractivity contribution is 7.08. The van der Waals surface area contributed by atoms with Crippen LogP contribution in [0.4, 0.5) is 0 Å². The van der Waals surface area contributed by atoms with Crippen LogP contribution in [-0.2, 0) is 11.2 Å². The van der Waals surface area contributed by atoms with Gasteiger partial charge in [-0.25, -0.2) is 0 Å². The molecule has 2 aromatic heterocycles. The van der Waals surface area contributed by atoms with Crippen molar-refractivity contribution in [1.82, 2.24) is 20.4 Å². The van der Waals surface area contributed by atoms with Gasteiger partial charge < -0.3 is 9.84 Å². The van der Waals surface area contributed by atoms with Crippen molar-refractivity contribution in [2.75, 3.05) is 19.6 Å². The first-order valence-corrected chi connectivity index (χ1v) is 9.86. The van der Waals surface area contributed by atoms with E-state index in [9.17, 15) is 4.79 Å². The van der Waals surface area contributed by atoms with Crippen molar-refractivity contribution < 1.29 is 9.32 Å². The van der Waals surface area contributed by atoms with E-state index in [-0.39, 0.29) is 11.4 Å². The Balaban J connectivity index is 1.43. The number of thiophene rings is 1. The van der Waals surface area contributed by atoms with E-state index in [1.165, 1.54) is 19.3 Å². The average molecular weight is 362 g/mol. The predicted molar refractivity (Wildman–Crippen MR) is 98.4 cm³/mol. The fourth-order valence-electron chi connectivity index (χ4n) is 3.10. The Hall–Kier alpha value is -1.73. The topological polar surface area (TPSA) is 71.3 Å². The molecule has 3 heterocycles. The van der Waals surface area contributed by atoms with E-state index in [2.05, 4.69) is 34.2 Å². The number of likely N-dealkylation sites (tertiary alicyclic amines) is 1. The highest BCUT2D eigenvalue weighted by Gasteiger charge is 2.28. The molecule has 0 atom stereocenters. The smallest absolute Gasteiger partial charge is 0.227 e. The summed E-state index contributed by atoms with van der Waals surface area (Å²) in [5.74, 6) is 1.12. The van der Waals surface area contributed by atoms with E-state index in [4.69, 9.17) is 4.52 Å². The lowest BCUT2D eigenvalue weighted by atomic mass is 9.98. The van der Waals surface area contributed by atoms with Crippen LogP contribution in [0.5, 0.6) is 0 Å². The first-order valence-electron chi connectivity index (χ1n) is 8.91. The Labute approximate surface area is 152 Å². The molecule has 0 bridgehead atoms. The van der Waals surface area contributed by atoms with Crippen LogP contribution < -0.4 is 5.32 Å². The standard InChI is InChI=1S/C18H26N4O2S/c1-18(2,22-9-4-3-5-10-22)13-19-15(23)6-7-16-20-17(21-24-16)14-8-11-25-12-14/h8,11-12H,3-7,9-10,13H2,1-2H3,(H,19,23). The van der Waals surface area contributed by atoms with Crippen molar-refractivity contribution in [3.8, 4) is 11.4 Å². The van der Waals surface area contributed by atoms with Crippen LogP contribution >= 0.6 is 11.3 Å². The lowest BCUT2D eigenvalue weighted by Crippen LogP contribution is -2.53. The summed E-state index contributed by atoms with van der Waals surface area (Å²) in [5, 5.41) is 11.0. The number of nitrogens with zero attached hydrogens (tertiary/aromatic N) is 3. The third-order valence-corrected chi connectivity index (χ3v) is 5.43. The van der Waals surface area contributed by atoms with Crippen molar-refractivity contribution in [3.63, 3.8) is 0 Å². The second-order valence-corrected chi connectivity index (χ2v) is 7.94. The minimum Gasteiger partial charge on any atom is -0.354 e. The first kappa shape index (κ1) is 18.1. The minimum atomic E-state index is -0.00726. The van der Waals surface area contributed by atoms with E-state index >= 15 is 0 Å². The molecule has 0 aromatic carbocycles. The zero-order valence-corrected chi connectivity index (χ0v) is 15.8. The van der Waals surface area contributed by atoms with Gasteiger partial charge in [0.2, 0.25) is 17.6 Å². The van der Waals surface area contributed by atoms with Gasteiger partial charge in [0.1, 0.15) is 0 Å². The van der Waals surface area contributed by atoms with Crippen LogP contribution in [0.3, 0.4) is 0 Å². The SMILES string of the molecule is CC(C)(CNC(=O)CCc1nc(-c2ccsc2)no1)N1CCCCC1. The monoisotopic (exact) mass is 362 g/mol. The van der Waals surface area contributed by atoms with E-state index in [0.717, 1.165) is 18.7 Å². The molecule has 2 aromatic rings. The number of aryl methyl sites for hydroxylation is 1. The van der Waals surface area contributed by atoms with Crippen LogP contribution in [0.25, 0.3) is 11.4 Å². The normalized spacial score (nSPS) is 16.1. The minimum absolute atomic E-state index is 0.00726. The maximum absolute atomic E-state index is 12.2. The van der Waals surface area contributed by atoms with Gasteiger partial charge in [0.25, 0.3) is 0 Å². The van der Waals surface area contributed by atoms with Gasteiger partial charge in [-0.15, -0.1) is 0 Å². The molecule has 0 saturated carbocycles. The summed E-state index contributed by atoms with van der Waals surface area (Å²) < 4.78 is 5.23. The Morgan fingerprint density at radius 1 is 1.36 bits per heavy atom. The number of carbonyl (C=O) groups excluding carboxylic acids is 1. The molecule has 0 aliphatic carbocycles. The van der Waals surface area contributed by atoms with Gasteiger partial charge in [0.05, 0.1) is 0 Å². The number of nitrogens with one attached hydrogen (secondary N) is 1. The Morgan fingerprint density at radius 3 is 2.88 bits per heavy atom. The number of carbonyl (C=O) groups is 1. The van der Waals surface area contributed by atoms with E-state index in [1.54, 1.807) is 11.3 Å². The molecule has 136 valence electrons. The van der Waals surface area contributed by atoms with Crippen LogP contribution in [-0.4, -0.2) is 46.1 Å². The second kappa shape index (κ2) is 8.10. The van der Waals surface area contributed by atoms with E-state index in [0.29, 0.717) is 31.1 Å². The number of piperidine rings is 1. The van der Waals surface area contributed by atoms with Gasteiger partial charge in [-0.3, -0.25) is 9.69 Å². The summed E-state index contributed by atoms with van der Waals surface area (Å²) in [5.41, 5.74) is 0.944. The molecule has 6 nitrogen and oxygen atoms in total. The van der Waals surface area contributed by atoms with Crippen molar-refractivity contribution in [1.29, 1.82) is 0 Å². The zero-order chi connectivity index (χ0) is 17.7. The largest absolute Gasteiger partial charge is 0.354 e. The number of hydrogen-bond donors (Lipinski definition) is 1. The average Bonchev–Trinajstić information content (AvgIpc) is 3.30. The number of aromatic nitrogens is 2. The quantitative estimate of drug-likeness (QED) is 0.819. The second-order valence-electron chi connectivity index (χ2n) is 7.16. The maximum atomic E-state index is 12.2. The van der Waals surface area contributed by atoms with Crippen LogP contribution in [0.15, 0.2) is 21.3 Å². The maximum Gasteiger partial charge on any atom is 0.227 e. The van der Waals surface area contributed by atoms with Gasteiger partial charge in [0.15, 0.2) is 0 Å². The fourth-order valence-corrected chi connectivity index (χ4v) is 3.73. The summed E-state index contributed by atoms with van der Waals surface area (Å²) in [6, 6.07) is 1.95. The predicted octanol–water partition coefficient (Wildman–Crippen LogP) is 3.11. The van der Waals surface area contributed by atoms with E-state index in [1.807, 2.05) is 16.8 Å². The molecular formula is C18H26N4O2S. The molecule has 25 heavy (non-hydrogen) atoms. The lowest BCUT2D eigenvalue weighted by molar-refractivity contribution is -0.121. The molecule has 0 radical (unpaired) electrons.